The topological polar surface area (TPSA) is 52.6 Å². The quantitative estimate of drug-likeness (QED) is 0.368. The molecule has 0 radical (unpaired) electrons. The third-order valence-electron chi connectivity index (χ3n) is 5.17. The molecule has 1 atom stereocenters. The zero-order valence-electron chi connectivity index (χ0n) is 17.6. The Balaban J connectivity index is 2.35. The number of unbranched alkanes of at least 4 members (excludes halogenated alkanes) is 2. The highest BCUT2D eigenvalue weighted by atomic mass is 16.6. The van der Waals surface area contributed by atoms with Crippen molar-refractivity contribution in [1.82, 2.24) is 0 Å². The first-order chi connectivity index (χ1) is 12.3. The van der Waals surface area contributed by atoms with Crippen LogP contribution in [0.5, 0.6) is 0 Å². The van der Waals surface area contributed by atoms with Crippen LogP contribution < -0.4 is 0 Å². The summed E-state index contributed by atoms with van der Waals surface area (Å²) in [6.07, 6.45) is 10.0. The number of ether oxygens (including phenoxy) is 2. The summed E-state index contributed by atoms with van der Waals surface area (Å²) in [6.45, 7) is 10.6. The van der Waals surface area contributed by atoms with E-state index in [1.54, 1.807) is 0 Å². The Kier molecular flexibility index (Phi) is 10.3. The van der Waals surface area contributed by atoms with Crippen LogP contribution >= 0.6 is 0 Å². The summed E-state index contributed by atoms with van der Waals surface area (Å²) in [5, 5.41) is 0. The van der Waals surface area contributed by atoms with Gasteiger partial charge in [-0.3, -0.25) is 9.59 Å². The molecule has 0 saturated heterocycles. The van der Waals surface area contributed by atoms with Gasteiger partial charge in [0, 0.05) is 0 Å². The lowest BCUT2D eigenvalue weighted by Crippen LogP contribution is -2.33. The Bertz CT molecular complexity index is 416. The minimum absolute atomic E-state index is 0.0494. The molecule has 0 aliphatic heterocycles. The van der Waals surface area contributed by atoms with Gasteiger partial charge in [0.1, 0.15) is 5.60 Å². The second-order valence-corrected chi connectivity index (χ2v) is 8.86. The van der Waals surface area contributed by atoms with Gasteiger partial charge in [-0.2, -0.15) is 0 Å². The molecule has 1 fully saturated rings. The first kappa shape index (κ1) is 23.0. The van der Waals surface area contributed by atoms with E-state index < -0.39 is 5.60 Å². The van der Waals surface area contributed by atoms with Crippen LogP contribution in [0.2, 0.25) is 0 Å². The van der Waals surface area contributed by atoms with Crippen LogP contribution in [0.25, 0.3) is 0 Å². The van der Waals surface area contributed by atoms with E-state index >= 15 is 0 Å². The van der Waals surface area contributed by atoms with Crippen molar-refractivity contribution in [3.63, 3.8) is 0 Å². The molecule has 0 N–H and O–H groups in total. The molecule has 1 rings (SSSR count). The SMILES string of the molecule is CCCCCC(CCC)COC(=O)C1CCC(C(=O)OC(C)(C)C)CC1. The molecule has 1 saturated carbocycles. The van der Waals surface area contributed by atoms with E-state index in [9.17, 15) is 9.59 Å². The standard InChI is InChI=1S/C22H40O4/c1-6-8-9-11-17(10-7-2)16-25-20(23)18-12-14-19(15-13-18)21(24)26-22(3,4)5/h17-19H,6-16H2,1-5H3. The van der Waals surface area contributed by atoms with Gasteiger partial charge in [-0.25, -0.2) is 0 Å². The van der Waals surface area contributed by atoms with Crippen molar-refractivity contribution in [3.05, 3.63) is 0 Å². The Labute approximate surface area is 160 Å². The van der Waals surface area contributed by atoms with E-state index in [1.165, 1.54) is 19.3 Å². The Morgan fingerprint density at radius 2 is 1.46 bits per heavy atom. The second-order valence-electron chi connectivity index (χ2n) is 8.86. The lowest BCUT2D eigenvalue weighted by atomic mass is 9.82. The van der Waals surface area contributed by atoms with Crippen LogP contribution in [0, 0.1) is 17.8 Å². The fourth-order valence-electron chi connectivity index (χ4n) is 3.67. The first-order valence-corrected chi connectivity index (χ1v) is 10.7. The molecule has 152 valence electrons. The Morgan fingerprint density at radius 1 is 0.885 bits per heavy atom. The normalized spacial score (nSPS) is 21.9. The van der Waals surface area contributed by atoms with Gasteiger partial charge in [-0.05, 0) is 65.2 Å². The first-order valence-electron chi connectivity index (χ1n) is 10.7. The van der Waals surface area contributed by atoms with Crippen LogP contribution in [0.1, 0.15) is 98.8 Å². The third kappa shape index (κ3) is 9.05. The second kappa shape index (κ2) is 11.6. The number of carbonyl (C=O) groups excluding carboxylic acids is 2. The van der Waals surface area contributed by atoms with Crippen LogP contribution in [0.15, 0.2) is 0 Å². The van der Waals surface area contributed by atoms with Crippen molar-refractivity contribution in [3.8, 4) is 0 Å². The van der Waals surface area contributed by atoms with Gasteiger partial charge in [-0.1, -0.05) is 39.5 Å². The van der Waals surface area contributed by atoms with E-state index in [2.05, 4.69) is 13.8 Å². The van der Waals surface area contributed by atoms with Crippen molar-refractivity contribution < 1.29 is 19.1 Å². The molecule has 1 aliphatic carbocycles. The summed E-state index contributed by atoms with van der Waals surface area (Å²) >= 11 is 0. The lowest BCUT2D eigenvalue weighted by Gasteiger charge is -2.29. The summed E-state index contributed by atoms with van der Waals surface area (Å²) in [5.41, 5.74) is -0.446. The van der Waals surface area contributed by atoms with Crippen LogP contribution in [-0.2, 0) is 19.1 Å². The highest BCUT2D eigenvalue weighted by Crippen LogP contribution is 2.31. The number of hydrogen-bond donors (Lipinski definition) is 0. The number of hydrogen-bond acceptors (Lipinski definition) is 4. The molecule has 4 nitrogen and oxygen atoms in total. The molecule has 1 unspecified atom stereocenters. The van der Waals surface area contributed by atoms with Gasteiger partial charge in [0.25, 0.3) is 0 Å². The van der Waals surface area contributed by atoms with Crippen molar-refractivity contribution in [2.75, 3.05) is 6.61 Å². The molecule has 0 aromatic carbocycles. The maximum Gasteiger partial charge on any atom is 0.309 e. The maximum absolute atomic E-state index is 12.4. The average molecular weight is 369 g/mol. The highest BCUT2D eigenvalue weighted by molar-refractivity contribution is 5.75. The summed E-state index contributed by atoms with van der Waals surface area (Å²) in [6, 6.07) is 0. The van der Waals surface area contributed by atoms with E-state index in [0.29, 0.717) is 12.5 Å². The summed E-state index contributed by atoms with van der Waals surface area (Å²) < 4.78 is 11.1. The van der Waals surface area contributed by atoms with Gasteiger partial charge in [0.15, 0.2) is 0 Å². The Morgan fingerprint density at radius 3 is 1.96 bits per heavy atom. The van der Waals surface area contributed by atoms with Crippen molar-refractivity contribution in [2.24, 2.45) is 17.8 Å². The Hall–Kier alpha value is -1.06. The van der Waals surface area contributed by atoms with E-state index in [4.69, 9.17) is 9.47 Å². The molecule has 0 spiro atoms. The molecular formula is C22H40O4. The molecule has 26 heavy (non-hydrogen) atoms. The minimum Gasteiger partial charge on any atom is -0.465 e. The fraction of sp³-hybridized carbons (Fsp3) is 0.909. The minimum atomic E-state index is -0.446. The summed E-state index contributed by atoms with van der Waals surface area (Å²) in [4.78, 5) is 24.6. The fourth-order valence-corrected chi connectivity index (χ4v) is 3.67. The van der Waals surface area contributed by atoms with Crippen LogP contribution in [0.4, 0.5) is 0 Å². The van der Waals surface area contributed by atoms with Gasteiger partial charge in [0.05, 0.1) is 18.4 Å². The van der Waals surface area contributed by atoms with Gasteiger partial charge >= 0.3 is 11.9 Å². The smallest absolute Gasteiger partial charge is 0.309 e. The number of esters is 2. The number of carbonyl (C=O) groups is 2. The number of rotatable bonds is 10. The molecule has 0 heterocycles. The van der Waals surface area contributed by atoms with Crippen molar-refractivity contribution in [1.29, 1.82) is 0 Å². The van der Waals surface area contributed by atoms with Crippen LogP contribution in [0.3, 0.4) is 0 Å². The largest absolute Gasteiger partial charge is 0.465 e. The zero-order chi connectivity index (χ0) is 19.6. The molecule has 0 bridgehead atoms. The van der Waals surface area contributed by atoms with E-state index in [1.807, 2.05) is 20.8 Å². The van der Waals surface area contributed by atoms with Crippen molar-refractivity contribution in [2.45, 2.75) is 104 Å². The molecule has 1 aliphatic rings. The third-order valence-corrected chi connectivity index (χ3v) is 5.17. The van der Waals surface area contributed by atoms with Crippen LogP contribution in [-0.4, -0.2) is 24.1 Å². The predicted octanol–water partition coefficient (Wildman–Crippen LogP) is 5.67. The zero-order valence-corrected chi connectivity index (χ0v) is 17.6. The van der Waals surface area contributed by atoms with Gasteiger partial charge in [-0.15, -0.1) is 0 Å². The molecule has 0 amide bonds. The van der Waals surface area contributed by atoms with Crippen molar-refractivity contribution >= 4 is 11.9 Å². The monoisotopic (exact) mass is 368 g/mol. The lowest BCUT2D eigenvalue weighted by molar-refractivity contribution is -0.163. The highest BCUT2D eigenvalue weighted by Gasteiger charge is 2.33. The molecule has 0 aromatic rings. The maximum atomic E-state index is 12.4. The van der Waals surface area contributed by atoms with Gasteiger partial charge < -0.3 is 9.47 Å². The van der Waals surface area contributed by atoms with Gasteiger partial charge in [0.2, 0.25) is 0 Å². The van der Waals surface area contributed by atoms with E-state index in [-0.39, 0.29) is 23.8 Å². The molecular weight excluding hydrogens is 328 g/mol. The molecule has 0 aromatic heterocycles. The summed E-state index contributed by atoms with van der Waals surface area (Å²) in [7, 11) is 0. The molecule has 4 heteroatoms. The van der Waals surface area contributed by atoms with E-state index in [0.717, 1.165) is 44.9 Å². The predicted molar refractivity (Wildman–Crippen MR) is 105 cm³/mol. The summed E-state index contributed by atoms with van der Waals surface area (Å²) in [5.74, 6) is 0.188. The average Bonchev–Trinajstić information content (AvgIpc) is 2.58.